The van der Waals surface area contributed by atoms with Crippen molar-refractivity contribution < 1.29 is 9.59 Å². The Morgan fingerprint density at radius 2 is 1.91 bits per heavy atom. The van der Waals surface area contributed by atoms with Gasteiger partial charge in [-0.3, -0.25) is 14.2 Å². The largest absolute Gasteiger partial charge is 0.383 e. The molecule has 2 aromatic carbocycles. The number of aromatic nitrogens is 6. The van der Waals surface area contributed by atoms with Gasteiger partial charge in [-0.05, 0) is 84.6 Å². The third kappa shape index (κ3) is 4.89. The summed E-state index contributed by atoms with van der Waals surface area (Å²) in [5.41, 5.74) is 12.3. The number of amides is 2. The molecule has 0 spiro atoms. The van der Waals surface area contributed by atoms with Crippen molar-refractivity contribution in [2.45, 2.75) is 18.9 Å². The number of nitrogens with one attached hydrogen (secondary N) is 1. The van der Waals surface area contributed by atoms with Gasteiger partial charge in [0.05, 0.1) is 22.9 Å². The molecule has 3 N–H and O–H groups in total. The minimum absolute atomic E-state index is 0.187. The van der Waals surface area contributed by atoms with E-state index in [1.807, 2.05) is 53.2 Å². The second-order valence-electron chi connectivity index (χ2n) is 10.7. The van der Waals surface area contributed by atoms with Gasteiger partial charge in [0.2, 0.25) is 5.91 Å². The smallest absolute Gasteiger partial charge is 0.253 e. The van der Waals surface area contributed by atoms with Crippen LogP contribution in [0.2, 0.25) is 0 Å². The minimum atomic E-state index is -0.292. The molecule has 6 aromatic rings. The molecule has 11 nitrogen and oxygen atoms in total. The number of imidazole rings is 1. The Kier molecular flexibility index (Phi) is 6.89. The number of anilines is 2. The van der Waals surface area contributed by atoms with Gasteiger partial charge in [0.15, 0.2) is 17.3 Å². The SMILES string of the molecule is C=CC(=O)N(C)c1ccccc1C(=O)NC1CCc2cc(-n3c(-c4cccnc4N)nc4ccc(-n5cccn5)nc43)ccc21. The predicted molar refractivity (Wildman–Crippen MR) is 172 cm³/mol. The van der Waals surface area contributed by atoms with Crippen molar-refractivity contribution in [3.63, 3.8) is 0 Å². The number of carbonyl (C=O) groups is 2. The van der Waals surface area contributed by atoms with Crippen LogP contribution in [0.25, 0.3) is 34.1 Å². The number of fused-ring (bicyclic) bond motifs is 2. The topological polar surface area (TPSA) is 137 Å². The molecule has 7 rings (SSSR count). The highest BCUT2D eigenvalue weighted by molar-refractivity contribution is 6.07. The van der Waals surface area contributed by atoms with Gasteiger partial charge >= 0.3 is 0 Å². The summed E-state index contributed by atoms with van der Waals surface area (Å²) in [6.45, 7) is 3.56. The molecule has 11 heteroatoms. The predicted octanol–water partition coefficient (Wildman–Crippen LogP) is 4.82. The standard InChI is InChI=1S/C34H29N9O2/c1-3-30(44)41(2)28-10-5-4-8-24(28)34(45)39-26-14-11-21-20-22(12-13-23(21)26)43-32(25-9-6-17-36-31(25)35)38-27-15-16-29(40-33(27)43)42-19-7-18-37-42/h3-10,12-13,15-20,26H,1,11,14H2,2H3,(H2,35,36)(H,39,45). The molecular weight excluding hydrogens is 566 g/mol. The Labute approximate surface area is 258 Å². The molecule has 0 saturated carbocycles. The Bertz CT molecular complexity index is 2100. The third-order valence-corrected chi connectivity index (χ3v) is 8.09. The second kappa shape index (κ2) is 11.2. The van der Waals surface area contributed by atoms with Crippen molar-refractivity contribution in [3.05, 3.63) is 121 Å². The highest BCUT2D eigenvalue weighted by atomic mass is 16.2. The van der Waals surface area contributed by atoms with Crippen LogP contribution < -0.4 is 16.0 Å². The normalized spacial score (nSPS) is 13.8. The van der Waals surface area contributed by atoms with Crippen LogP contribution in [0.1, 0.15) is 33.9 Å². The average molecular weight is 596 g/mol. The van der Waals surface area contributed by atoms with Gasteiger partial charge in [-0.15, -0.1) is 0 Å². The number of carbonyl (C=O) groups excluding carboxylic acids is 2. The summed E-state index contributed by atoms with van der Waals surface area (Å²) in [4.78, 5) is 41.3. The lowest BCUT2D eigenvalue weighted by Gasteiger charge is -2.21. The zero-order valence-corrected chi connectivity index (χ0v) is 24.5. The van der Waals surface area contributed by atoms with Crippen molar-refractivity contribution in [2.75, 3.05) is 17.7 Å². The molecule has 222 valence electrons. The number of rotatable bonds is 7. The van der Waals surface area contributed by atoms with Crippen LogP contribution >= 0.6 is 0 Å². The lowest BCUT2D eigenvalue weighted by atomic mass is 10.1. The minimum Gasteiger partial charge on any atom is -0.383 e. The molecule has 4 heterocycles. The number of likely N-dealkylation sites (N-methyl/N-ethyl adjacent to an activating group) is 1. The van der Waals surface area contributed by atoms with E-state index < -0.39 is 0 Å². The fourth-order valence-corrected chi connectivity index (χ4v) is 5.85. The Morgan fingerprint density at radius 1 is 1.04 bits per heavy atom. The first-order valence-electron chi connectivity index (χ1n) is 14.5. The van der Waals surface area contributed by atoms with Crippen LogP contribution in [0, 0.1) is 0 Å². The van der Waals surface area contributed by atoms with E-state index in [0.717, 1.165) is 29.7 Å². The number of para-hydroxylation sites is 1. The van der Waals surface area contributed by atoms with E-state index in [0.29, 0.717) is 45.4 Å². The molecule has 0 radical (unpaired) electrons. The second-order valence-corrected chi connectivity index (χ2v) is 10.7. The van der Waals surface area contributed by atoms with Gasteiger partial charge in [0.25, 0.3) is 5.91 Å². The maximum Gasteiger partial charge on any atom is 0.253 e. The highest BCUT2D eigenvalue weighted by Gasteiger charge is 2.27. The van der Waals surface area contributed by atoms with Crippen molar-refractivity contribution in [3.8, 4) is 22.9 Å². The molecule has 0 aliphatic heterocycles. The number of nitrogen functional groups attached to an aromatic ring is 1. The number of aryl methyl sites for hydroxylation is 1. The Morgan fingerprint density at radius 3 is 2.71 bits per heavy atom. The first-order chi connectivity index (χ1) is 21.9. The van der Waals surface area contributed by atoms with Crippen LogP contribution in [0.4, 0.5) is 11.5 Å². The summed E-state index contributed by atoms with van der Waals surface area (Å²) in [5.74, 6) is 1.11. The van der Waals surface area contributed by atoms with Gasteiger partial charge in [0.1, 0.15) is 11.3 Å². The van der Waals surface area contributed by atoms with E-state index in [-0.39, 0.29) is 17.9 Å². The fraction of sp³-hybridized carbons (Fsp3) is 0.118. The quantitative estimate of drug-likeness (QED) is 0.253. The van der Waals surface area contributed by atoms with Gasteiger partial charge in [-0.2, -0.15) is 5.10 Å². The van der Waals surface area contributed by atoms with Gasteiger partial charge in [0, 0.05) is 31.3 Å². The summed E-state index contributed by atoms with van der Waals surface area (Å²) in [7, 11) is 1.63. The van der Waals surface area contributed by atoms with E-state index >= 15 is 0 Å². The number of nitrogens with two attached hydrogens (primary N) is 1. The van der Waals surface area contributed by atoms with Crippen molar-refractivity contribution in [1.82, 2.24) is 34.6 Å². The summed E-state index contributed by atoms with van der Waals surface area (Å²) >= 11 is 0. The van der Waals surface area contributed by atoms with Crippen molar-refractivity contribution in [2.24, 2.45) is 0 Å². The van der Waals surface area contributed by atoms with E-state index in [4.69, 9.17) is 15.7 Å². The summed E-state index contributed by atoms with van der Waals surface area (Å²) < 4.78 is 3.69. The van der Waals surface area contributed by atoms with Gasteiger partial charge < -0.3 is 16.0 Å². The van der Waals surface area contributed by atoms with E-state index in [1.165, 1.54) is 11.0 Å². The molecule has 4 aromatic heterocycles. The van der Waals surface area contributed by atoms with Crippen LogP contribution in [0.5, 0.6) is 0 Å². The van der Waals surface area contributed by atoms with Crippen molar-refractivity contribution in [1.29, 1.82) is 0 Å². The van der Waals surface area contributed by atoms with Crippen LogP contribution in [0.15, 0.2) is 104 Å². The molecular formula is C34H29N9O2. The number of nitrogens with zero attached hydrogens (tertiary/aromatic N) is 7. The molecule has 0 fully saturated rings. The monoisotopic (exact) mass is 595 g/mol. The molecule has 0 bridgehead atoms. The number of hydrogen-bond donors (Lipinski definition) is 2. The Balaban J connectivity index is 1.26. The first-order valence-corrected chi connectivity index (χ1v) is 14.5. The Hall–Kier alpha value is -6.10. The maximum atomic E-state index is 13.5. The lowest BCUT2D eigenvalue weighted by Crippen LogP contribution is -2.31. The zero-order valence-electron chi connectivity index (χ0n) is 24.5. The lowest BCUT2D eigenvalue weighted by molar-refractivity contribution is -0.113. The number of pyridine rings is 2. The summed E-state index contributed by atoms with van der Waals surface area (Å²) in [6, 6.07) is 22.4. The number of hydrogen-bond acceptors (Lipinski definition) is 7. The highest BCUT2D eigenvalue weighted by Crippen LogP contribution is 2.36. The molecule has 1 atom stereocenters. The first kappa shape index (κ1) is 27.7. The fourth-order valence-electron chi connectivity index (χ4n) is 5.85. The molecule has 0 saturated heterocycles. The van der Waals surface area contributed by atoms with E-state index in [2.05, 4.69) is 28.0 Å². The van der Waals surface area contributed by atoms with Crippen LogP contribution in [-0.2, 0) is 11.2 Å². The van der Waals surface area contributed by atoms with Gasteiger partial charge in [-0.1, -0.05) is 24.8 Å². The zero-order chi connectivity index (χ0) is 31.1. The van der Waals surface area contributed by atoms with E-state index in [9.17, 15) is 9.59 Å². The molecule has 45 heavy (non-hydrogen) atoms. The molecule has 1 aliphatic rings. The molecule has 1 aliphatic carbocycles. The summed E-state index contributed by atoms with van der Waals surface area (Å²) in [6.07, 6.45) is 7.93. The third-order valence-electron chi connectivity index (χ3n) is 8.09. The van der Waals surface area contributed by atoms with E-state index in [1.54, 1.807) is 48.4 Å². The summed E-state index contributed by atoms with van der Waals surface area (Å²) in [5, 5.41) is 7.53. The molecule has 2 amide bonds. The molecule has 1 unspecified atom stereocenters. The average Bonchev–Trinajstić information content (AvgIpc) is 3.83. The van der Waals surface area contributed by atoms with Crippen LogP contribution in [-0.4, -0.2) is 48.2 Å². The number of benzene rings is 2. The van der Waals surface area contributed by atoms with Crippen molar-refractivity contribution >= 4 is 34.5 Å². The van der Waals surface area contributed by atoms with Gasteiger partial charge in [-0.25, -0.2) is 19.6 Å². The maximum absolute atomic E-state index is 13.5. The van der Waals surface area contributed by atoms with Crippen LogP contribution in [0.3, 0.4) is 0 Å².